The molecule has 4 rings (SSSR count). The van der Waals surface area contributed by atoms with Gasteiger partial charge in [-0.25, -0.2) is 14.8 Å². The van der Waals surface area contributed by atoms with Gasteiger partial charge in [0.1, 0.15) is 22.9 Å². The van der Waals surface area contributed by atoms with E-state index >= 15 is 0 Å². The number of rotatable bonds is 9. The number of amides is 1. The number of hydrogen-bond acceptors (Lipinski definition) is 11. The number of nitrogens with two attached hydrogens (primary N) is 1. The minimum absolute atomic E-state index is 0. The van der Waals surface area contributed by atoms with Crippen molar-refractivity contribution >= 4 is 34.6 Å². The molecule has 15 nitrogen and oxygen atoms in total. The summed E-state index contributed by atoms with van der Waals surface area (Å²) in [7, 11) is 0. The van der Waals surface area contributed by atoms with E-state index in [-0.39, 0.29) is 41.3 Å². The van der Waals surface area contributed by atoms with E-state index in [1.807, 2.05) is 6.92 Å². The quantitative estimate of drug-likeness (QED) is 0.0837. The summed E-state index contributed by atoms with van der Waals surface area (Å²) in [6, 6.07) is 12.9. The van der Waals surface area contributed by atoms with E-state index in [2.05, 4.69) is 15.3 Å². The lowest BCUT2D eigenvalue weighted by Gasteiger charge is -2.08. The molecular weight excluding hydrogens is 614 g/mol. The number of ether oxygens (including phenoxy) is 2. The van der Waals surface area contributed by atoms with Gasteiger partial charge in [0.2, 0.25) is 11.9 Å². The number of halogens is 2. The van der Waals surface area contributed by atoms with Crippen LogP contribution in [0.5, 0.6) is 11.5 Å². The van der Waals surface area contributed by atoms with Crippen LogP contribution in [0.15, 0.2) is 73.1 Å². The monoisotopic (exact) mass is 644 g/mol. The Morgan fingerprint density at radius 3 is 1.74 bits per heavy atom. The third-order valence-corrected chi connectivity index (χ3v) is 5.20. The Bertz CT molecular complexity index is 1640. The smallest absolute Gasteiger partial charge is 0.337 e. The van der Waals surface area contributed by atoms with Gasteiger partial charge < -0.3 is 25.6 Å². The molecule has 0 saturated carbocycles. The van der Waals surface area contributed by atoms with Gasteiger partial charge in [0, 0.05) is 12.4 Å². The number of nitrogen functional groups attached to an aromatic ring is 1. The Hall–Kier alpha value is -6.26. The second-order valence-electron chi connectivity index (χ2n) is 8.28. The lowest BCUT2D eigenvalue weighted by Crippen LogP contribution is -2.13. The summed E-state index contributed by atoms with van der Waals surface area (Å²) in [5.41, 5.74) is 5.21. The number of carboxylic acid groups (broad SMARTS) is 1. The summed E-state index contributed by atoms with van der Waals surface area (Å²) in [6.45, 7) is 4.40. The minimum atomic E-state index is -1.10. The number of nitrogens with zero attached hydrogens (tertiary/aromatic N) is 4. The molecule has 2 aromatic carbocycles. The van der Waals surface area contributed by atoms with Crippen molar-refractivity contribution in [1.29, 1.82) is 0 Å². The Morgan fingerprint density at radius 2 is 1.30 bits per heavy atom. The number of aromatic carboxylic acids is 1. The first kappa shape index (κ1) is 37.8. The lowest BCUT2D eigenvalue weighted by atomic mass is 10.2. The molecule has 0 atom stereocenters. The molecule has 0 saturated heterocycles. The first-order chi connectivity index (χ1) is 21.4. The molecule has 2 aromatic heterocycles. The zero-order chi connectivity index (χ0) is 33.5. The molecule has 0 spiro atoms. The zero-order valence-corrected chi connectivity index (χ0v) is 23.7. The number of carbonyl (C=O) groups is 2. The van der Waals surface area contributed by atoms with Gasteiger partial charge >= 0.3 is 5.97 Å². The predicted octanol–water partition coefficient (Wildman–Crippen LogP) is 5.91. The Labute approximate surface area is 260 Å². The summed E-state index contributed by atoms with van der Waals surface area (Å²) >= 11 is 0. The average molecular weight is 645 g/mol. The van der Waals surface area contributed by atoms with Crippen LogP contribution in [-0.4, -0.2) is 50.0 Å². The van der Waals surface area contributed by atoms with Gasteiger partial charge in [0.05, 0.1) is 46.3 Å². The number of hydrogen-bond donors (Lipinski definition) is 3. The number of pyridine rings is 2. The summed E-state index contributed by atoms with van der Waals surface area (Å²) in [5, 5.41) is 32.2. The molecule has 0 radical (unpaired) electrons. The molecular formula is C29H30F2N6O9. The lowest BCUT2D eigenvalue weighted by molar-refractivity contribution is -0.384. The van der Waals surface area contributed by atoms with Gasteiger partial charge in [-0.05, 0) is 62.4 Å². The highest BCUT2D eigenvalue weighted by atomic mass is 19.1. The van der Waals surface area contributed by atoms with Crippen LogP contribution >= 0.6 is 0 Å². The predicted molar refractivity (Wildman–Crippen MR) is 163 cm³/mol. The fourth-order valence-corrected chi connectivity index (χ4v) is 3.17. The number of aromatic nitrogens is 2. The van der Waals surface area contributed by atoms with Gasteiger partial charge in [0.15, 0.2) is 0 Å². The molecule has 0 bridgehead atoms. The molecule has 46 heavy (non-hydrogen) atoms. The molecule has 0 aliphatic carbocycles. The van der Waals surface area contributed by atoms with Gasteiger partial charge in [-0.1, -0.05) is 7.43 Å². The van der Waals surface area contributed by atoms with Gasteiger partial charge in [-0.15, -0.1) is 0 Å². The Morgan fingerprint density at radius 1 is 0.826 bits per heavy atom. The largest absolute Gasteiger partial charge is 0.494 e. The van der Waals surface area contributed by atoms with E-state index in [1.54, 1.807) is 13.0 Å². The van der Waals surface area contributed by atoms with Gasteiger partial charge in [0.25, 0.3) is 17.3 Å². The fraction of sp³-hybridized carbons (Fsp3) is 0.172. The number of nitro benzene ring substituents is 2. The molecule has 0 aliphatic heterocycles. The first-order valence-corrected chi connectivity index (χ1v) is 12.7. The zero-order valence-electron chi connectivity index (χ0n) is 23.7. The number of nitro groups is 2. The third kappa shape index (κ3) is 11.8. The Kier molecular flexibility index (Phi) is 15.1. The maximum atomic E-state index is 12.7. The SMILES string of the molecule is C.CCOc1ccc(N)c([N+](=O)[O-])c1.CCOc1ccc(NC(=O)c2ccc(F)nc2)c([N+](=O)[O-])c1.O=C(O)c1ccc(F)nc1. The van der Waals surface area contributed by atoms with Crippen molar-refractivity contribution in [2.45, 2.75) is 21.3 Å². The van der Waals surface area contributed by atoms with Crippen LogP contribution < -0.4 is 20.5 Å². The van der Waals surface area contributed by atoms with Crippen molar-refractivity contribution in [3.63, 3.8) is 0 Å². The van der Waals surface area contributed by atoms with Crippen LogP contribution in [0.3, 0.4) is 0 Å². The highest BCUT2D eigenvalue weighted by Gasteiger charge is 2.18. The number of carbonyl (C=O) groups excluding carboxylic acids is 1. The molecule has 0 aliphatic rings. The second-order valence-corrected chi connectivity index (χ2v) is 8.28. The van der Waals surface area contributed by atoms with Crippen LogP contribution in [0.2, 0.25) is 0 Å². The maximum Gasteiger partial charge on any atom is 0.337 e. The fourth-order valence-electron chi connectivity index (χ4n) is 3.17. The average Bonchev–Trinajstić information content (AvgIpc) is 3.00. The molecule has 2 heterocycles. The van der Waals surface area contributed by atoms with Crippen molar-refractivity contribution in [1.82, 2.24) is 9.97 Å². The summed E-state index contributed by atoms with van der Waals surface area (Å²) < 4.78 is 35.0. The van der Waals surface area contributed by atoms with Gasteiger partial charge in [-0.2, -0.15) is 8.78 Å². The van der Waals surface area contributed by atoms with E-state index in [0.29, 0.717) is 24.7 Å². The van der Waals surface area contributed by atoms with Crippen LogP contribution in [0.1, 0.15) is 42.0 Å². The van der Waals surface area contributed by atoms with Crippen molar-refractivity contribution < 1.29 is 42.8 Å². The summed E-state index contributed by atoms with van der Waals surface area (Å²) in [6.07, 6.45) is 2.02. The first-order valence-electron chi connectivity index (χ1n) is 12.7. The standard InChI is InChI=1S/C14H12FN3O4.C8H10N2O3.C6H4FNO2.CH4/c1-2-22-10-4-5-11(12(7-10)18(20)21)17-14(19)9-3-6-13(15)16-8-9;1-2-13-6-3-4-7(9)8(5-6)10(11)12;7-5-2-1-4(3-8-5)6(9)10;/h3-8H,2H2,1H3,(H,17,19);3-5H,2,9H2,1H3;1-3H,(H,9,10);1H4. The molecule has 4 N–H and O–H groups in total. The van der Waals surface area contributed by atoms with E-state index in [1.165, 1.54) is 36.4 Å². The molecule has 1 amide bonds. The van der Waals surface area contributed by atoms with E-state index in [9.17, 15) is 38.6 Å². The normalized spacial score (nSPS) is 9.57. The topological polar surface area (TPSA) is 223 Å². The number of benzene rings is 2. The molecule has 0 fully saturated rings. The van der Waals surface area contributed by atoms with Crippen LogP contribution in [0.4, 0.5) is 31.5 Å². The summed E-state index contributed by atoms with van der Waals surface area (Å²) in [5.74, 6) is -2.33. The van der Waals surface area contributed by atoms with E-state index < -0.39 is 33.6 Å². The Balaban J connectivity index is 0.000000375. The number of nitrogens with one attached hydrogen (secondary N) is 1. The van der Waals surface area contributed by atoms with E-state index in [4.69, 9.17) is 20.3 Å². The summed E-state index contributed by atoms with van der Waals surface area (Å²) in [4.78, 5) is 49.0. The van der Waals surface area contributed by atoms with Crippen molar-refractivity contribution in [2.75, 3.05) is 24.3 Å². The molecule has 17 heteroatoms. The number of anilines is 2. The molecule has 0 unspecified atom stereocenters. The third-order valence-electron chi connectivity index (χ3n) is 5.20. The minimum Gasteiger partial charge on any atom is -0.494 e. The molecule has 4 aromatic rings. The van der Waals surface area contributed by atoms with Crippen LogP contribution in [0.25, 0.3) is 0 Å². The van der Waals surface area contributed by atoms with Crippen LogP contribution in [0, 0.1) is 32.1 Å². The van der Waals surface area contributed by atoms with Crippen molar-refractivity contribution in [3.8, 4) is 11.5 Å². The highest BCUT2D eigenvalue weighted by Crippen LogP contribution is 2.29. The van der Waals surface area contributed by atoms with Crippen LogP contribution in [-0.2, 0) is 0 Å². The maximum absolute atomic E-state index is 12.7. The number of carboxylic acids is 1. The van der Waals surface area contributed by atoms with Gasteiger partial charge in [-0.3, -0.25) is 25.0 Å². The van der Waals surface area contributed by atoms with Crippen molar-refractivity contribution in [3.05, 3.63) is 116 Å². The van der Waals surface area contributed by atoms with Crippen molar-refractivity contribution in [2.24, 2.45) is 0 Å². The van der Waals surface area contributed by atoms with E-state index in [0.717, 1.165) is 30.6 Å². The highest BCUT2D eigenvalue weighted by molar-refractivity contribution is 6.05. The second kappa shape index (κ2) is 18.4. The molecule has 244 valence electrons.